The molecule has 0 aliphatic heterocycles. The molecule has 0 spiro atoms. The molecule has 0 aliphatic rings. The molecule has 3 aromatic rings. The summed E-state index contributed by atoms with van der Waals surface area (Å²) in [6, 6.07) is 20.2. The van der Waals surface area contributed by atoms with Crippen LogP contribution in [0.5, 0.6) is 5.75 Å². The molecule has 3 rings (SSSR count). The maximum Gasteiger partial charge on any atom is 0.344 e. The molecule has 0 saturated heterocycles. The van der Waals surface area contributed by atoms with E-state index >= 15 is 0 Å². The van der Waals surface area contributed by atoms with Crippen molar-refractivity contribution in [3.05, 3.63) is 77.3 Å². The van der Waals surface area contributed by atoms with Gasteiger partial charge in [0.25, 0.3) is 0 Å². The van der Waals surface area contributed by atoms with Crippen LogP contribution < -0.4 is 4.74 Å². The average Bonchev–Trinajstić information content (AvgIpc) is 2.49. The Morgan fingerprint density at radius 2 is 1.55 bits per heavy atom. The lowest BCUT2D eigenvalue weighted by Crippen LogP contribution is -2.09. The van der Waals surface area contributed by atoms with Gasteiger partial charge in [-0.2, -0.15) is 0 Å². The third-order valence-corrected chi connectivity index (χ3v) is 3.36. The van der Waals surface area contributed by atoms with E-state index in [-0.39, 0.29) is 0 Å². The lowest BCUT2D eigenvalue weighted by molar-refractivity contribution is 0.0737. The molecule has 0 fully saturated rings. The maximum absolute atomic E-state index is 12.3. The Morgan fingerprint density at radius 1 is 0.850 bits per heavy atom. The van der Waals surface area contributed by atoms with Crippen LogP contribution in [-0.2, 0) is 0 Å². The number of esters is 1. The minimum atomic E-state index is -0.407. The second-order valence-corrected chi connectivity index (χ2v) is 4.75. The van der Waals surface area contributed by atoms with Gasteiger partial charge in [0, 0.05) is 0 Å². The minimum Gasteiger partial charge on any atom is -0.421 e. The fourth-order valence-corrected chi connectivity index (χ4v) is 2.26. The van der Waals surface area contributed by atoms with Crippen molar-refractivity contribution in [2.75, 3.05) is 0 Å². The number of halogens is 1. The number of hydrogen-bond acceptors (Lipinski definition) is 2. The minimum absolute atomic E-state index is 0.368. The molecular formula is C17H11ClO2. The second-order valence-electron chi connectivity index (χ2n) is 4.35. The predicted molar refractivity (Wildman–Crippen MR) is 80.4 cm³/mol. The zero-order valence-electron chi connectivity index (χ0n) is 10.5. The molecule has 0 bridgehead atoms. The number of fused-ring (bicyclic) bond motifs is 1. The summed E-state index contributed by atoms with van der Waals surface area (Å²) < 4.78 is 5.37. The van der Waals surface area contributed by atoms with E-state index in [1.54, 1.807) is 30.3 Å². The van der Waals surface area contributed by atoms with E-state index in [4.69, 9.17) is 16.3 Å². The van der Waals surface area contributed by atoms with Gasteiger partial charge in [0.1, 0.15) is 5.75 Å². The zero-order chi connectivity index (χ0) is 13.9. The van der Waals surface area contributed by atoms with Crippen LogP contribution >= 0.6 is 11.6 Å². The Labute approximate surface area is 121 Å². The quantitative estimate of drug-likeness (QED) is 0.502. The van der Waals surface area contributed by atoms with Crippen molar-refractivity contribution in [2.24, 2.45) is 0 Å². The summed E-state index contributed by atoms with van der Waals surface area (Å²) in [5.41, 5.74) is 0.531. The molecule has 0 radical (unpaired) electrons. The topological polar surface area (TPSA) is 26.3 Å². The number of hydrogen-bond donors (Lipinski definition) is 0. The van der Waals surface area contributed by atoms with Crippen LogP contribution in [0.3, 0.4) is 0 Å². The number of carbonyl (C=O) groups excluding carboxylic acids is 1. The molecule has 0 amide bonds. The third-order valence-electron chi connectivity index (χ3n) is 3.05. The van der Waals surface area contributed by atoms with Gasteiger partial charge in [-0.05, 0) is 29.0 Å². The Morgan fingerprint density at radius 3 is 2.40 bits per heavy atom. The van der Waals surface area contributed by atoms with E-state index in [0.29, 0.717) is 16.3 Å². The zero-order valence-corrected chi connectivity index (χ0v) is 11.3. The van der Waals surface area contributed by atoms with Gasteiger partial charge in [-0.3, -0.25) is 0 Å². The molecule has 0 atom stereocenters. The summed E-state index contributed by atoms with van der Waals surface area (Å²) in [5, 5.41) is 2.29. The average molecular weight is 283 g/mol. The first-order valence-electron chi connectivity index (χ1n) is 6.20. The number of ether oxygens (including phenoxy) is 1. The molecule has 3 heteroatoms. The first kappa shape index (κ1) is 12.7. The highest BCUT2D eigenvalue weighted by molar-refractivity contribution is 6.32. The van der Waals surface area contributed by atoms with Gasteiger partial charge in [0.05, 0.1) is 10.6 Å². The molecular weight excluding hydrogens is 272 g/mol. The van der Waals surface area contributed by atoms with Crippen LogP contribution in [0, 0.1) is 0 Å². The van der Waals surface area contributed by atoms with Crippen LogP contribution in [0.2, 0.25) is 5.02 Å². The van der Waals surface area contributed by atoms with Gasteiger partial charge in [-0.25, -0.2) is 4.79 Å². The molecule has 0 N–H and O–H groups in total. The summed E-state index contributed by atoms with van der Waals surface area (Å²) in [6.07, 6.45) is 0. The van der Waals surface area contributed by atoms with E-state index in [1.807, 2.05) is 36.4 Å². The molecule has 3 aromatic carbocycles. The third kappa shape index (κ3) is 2.38. The monoisotopic (exact) mass is 282 g/mol. The highest BCUT2D eigenvalue weighted by Gasteiger charge is 2.13. The molecule has 0 saturated carbocycles. The highest BCUT2D eigenvalue weighted by atomic mass is 35.5. The number of para-hydroxylation sites is 1. The van der Waals surface area contributed by atoms with Crippen molar-refractivity contribution >= 4 is 28.3 Å². The van der Waals surface area contributed by atoms with Crippen molar-refractivity contribution in [1.29, 1.82) is 0 Å². The smallest absolute Gasteiger partial charge is 0.344 e. The number of carbonyl (C=O) groups is 1. The Hall–Kier alpha value is -2.32. The van der Waals surface area contributed by atoms with Gasteiger partial charge < -0.3 is 4.74 Å². The van der Waals surface area contributed by atoms with E-state index in [1.165, 1.54) is 0 Å². The van der Waals surface area contributed by atoms with Crippen LogP contribution in [0.1, 0.15) is 10.4 Å². The fraction of sp³-hybridized carbons (Fsp3) is 0. The molecule has 20 heavy (non-hydrogen) atoms. The van der Waals surface area contributed by atoms with Crippen molar-refractivity contribution in [3.63, 3.8) is 0 Å². The normalized spacial score (nSPS) is 10.4. The summed E-state index contributed by atoms with van der Waals surface area (Å²) >= 11 is 6.00. The van der Waals surface area contributed by atoms with E-state index in [9.17, 15) is 4.79 Å². The van der Waals surface area contributed by atoms with Gasteiger partial charge in [-0.1, -0.05) is 60.1 Å². The van der Waals surface area contributed by atoms with Crippen molar-refractivity contribution in [3.8, 4) is 5.75 Å². The maximum atomic E-state index is 12.3. The van der Waals surface area contributed by atoms with E-state index < -0.39 is 5.97 Å². The number of benzene rings is 3. The molecule has 0 heterocycles. The van der Waals surface area contributed by atoms with Crippen molar-refractivity contribution < 1.29 is 9.53 Å². The van der Waals surface area contributed by atoms with Crippen LogP contribution in [-0.4, -0.2) is 5.97 Å². The SMILES string of the molecule is O=C(Oc1ccccc1Cl)c1cccc2ccccc12. The first-order valence-corrected chi connectivity index (χ1v) is 6.58. The van der Waals surface area contributed by atoms with Gasteiger partial charge in [0.2, 0.25) is 0 Å². The molecule has 98 valence electrons. The summed E-state index contributed by atoms with van der Waals surface area (Å²) in [6.45, 7) is 0. The first-order chi connectivity index (χ1) is 9.75. The van der Waals surface area contributed by atoms with Crippen molar-refractivity contribution in [2.45, 2.75) is 0 Å². The molecule has 0 aromatic heterocycles. The Bertz CT molecular complexity index is 775. The molecule has 2 nitrogen and oxygen atoms in total. The van der Waals surface area contributed by atoms with Crippen LogP contribution in [0.4, 0.5) is 0 Å². The summed E-state index contributed by atoms with van der Waals surface area (Å²) in [4.78, 5) is 12.3. The molecule has 0 unspecified atom stereocenters. The predicted octanol–water partition coefficient (Wildman–Crippen LogP) is 4.71. The number of rotatable bonds is 2. The fourth-order valence-electron chi connectivity index (χ4n) is 2.09. The Kier molecular flexibility index (Phi) is 3.40. The second kappa shape index (κ2) is 5.35. The van der Waals surface area contributed by atoms with Gasteiger partial charge >= 0.3 is 5.97 Å². The molecule has 0 aliphatic carbocycles. The van der Waals surface area contributed by atoms with Gasteiger partial charge in [0.15, 0.2) is 0 Å². The van der Waals surface area contributed by atoms with Crippen molar-refractivity contribution in [1.82, 2.24) is 0 Å². The highest BCUT2D eigenvalue weighted by Crippen LogP contribution is 2.25. The van der Waals surface area contributed by atoms with Crippen LogP contribution in [0.25, 0.3) is 10.8 Å². The largest absolute Gasteiger partial charge is 0.421 e. The van der Waals surface area contributed by atoms with E-state index in [2.05, 4.69) is 0 Å². The standard InChI is InChI=1S/C17H11ClO2/c18-15-10-3-4-11-16(15)20-17(19)14-9-5-7-12-6-1-2-8-13(12)14/h1-11H. The lowest BCUT2D eigenvalue weighted by atomic mass is 10.0. The summed E-state index contributed by atoms with van der Waals surface area (Å²) in [5.74, 6) is -0.0398. The Balaban J connectivity index is 1.99. The van der Waals surface area contributed by atoms with Gasteiger partial charge in [-0.15, -0.1) is 0 Å². The summed E-state index contributed by atoms with van der Waals surface area (Å²) in [7, 11) is 0. The lowest BCUT2D eigenvalue weighted by Gasteiger charge is -2.08. The van der Waals surface area contributed by atoms with E-state index in [0.717, 1.165) is 10.8 Å². The van der Waals surface area contributed by atoms with Crippen LogP contribution in [0.15, 0.2) is 66.7 Å².